The van der Waals surface area contributed by atoms with Crippen molar-refractivity contribution in [2.45, 2.75) is 84.7 Å². The van der Waals surface area contributed by atoms with Crippen LogP contribution < -0.4 is 19.6 Å². The summed E-state index contributed by atoms with van der Waals surface area (Å²) in [6, 6.07) is 1.08. The Balaban J connectivity index is 3.37. The minimum absolute atomic E-state index is 0.0267. The molecule has 0 saturated heterocycles. The van der Waals surface area contributed by atoms with Crippen molar-refractivity contribution in [2.24, 2.45) is 5.73 Å². The molecule has 1 aromatic carbocycles. The largest absolute Gasteiger partial charge is 0.541 e. The van der Waals surface area contributed by atoms with E-state index in [-0.39, 0.29) is 11.5 Å². The van der Waals surface area contributed by atoms with Crippen LogP contribution in [-0.2, 0) is 16.0 Å². The maximum absolute atomic E-state index is 12.4. The van der Waals surface area contributed by atoms with Crippen LogP contribution in [0.1, 0.15) is 52.7 Å². The van der Waals surface area contributed by atoms with E-state index in [1.807, 2.05) is 33.8 Å². The molecule has 0 unspecified atom stereocenters. The van der Waals surface area contributed by atoms with Crippen molar-refractivity contribution < 1.29 is 23.4 Å². The predicted octanol–water partition coefficient (Wildman–Crippen LogP) is 4.61. The Hall–Kier alpha value is -1.73. The van der Waals surface area contributed by atoms with Gasteiger partial charge in [-0.05, 0) is 51.9 Å². The SMILES string of the molecule is COc1c(C[C@H](N)C(=O)OC(C)(C)C)cc(O[Si](C)(C)C(C)(C)C)c(OC)c1C. The lowest BCUT2D eigenvalue weighted by Gasteiger charge is -2.37. The fraction of sp³-hybridized carbons (Fsp3) is 0.682. The van der Waals surface area contributed by atoms with Crippen LogP contribution in [0.3, 0.4) is 0 Å². The Bertz CT molecular complexity index is 732. The van der Waals surface area contributed by atoms with E-state index in [1.165, 1.54) is 0 Å². The molecule has 0 heterocycles. The van der Waals surface area contributed by atoms with Gasteiger partial charge in [0, 0.05) is 17.5 Å². The fourth-order valence-corrected chi connectivity index (χ4v) is 3.72. The van der Waals surface area contributed by atoms with E-state index in [9.17, 15) is 4.79 Å². The molecule has 0 radical (unpaired) electrons. The van der Waals surface area contributed by atoms with Crippen molar-refractivity contribution in [1.29, 1.82) is 0 Å². The zero-order valence-corrected chi connectivity index (χ0v) is 21.0. The number of ether oxygens (including phenoxy) is 3. The fourth-order valence-electron chi connectivity index (χ4n) is 2.71. The number of carbonyl (C=O) groups is 1. The maximum atomic E-state index is 12.4. The van der Waals surface area contributed by atoms with E-state index >= 15 is 0 Å². The Morgan fingerprint density at radius 1 is 1.07 bits per heavy atom. The van der Waals surface area contributed by atoms with Crippen molar-refractivity contribution in [3.8, 4) is 17.2 Å². The molecule has 1 atom stereocenters. The molecule has 1 aromatic rings. The van der Waals surface area contributed by atoms with Gasteiger partial charge in [0.15, 0.2) is 5.75 Å². The van der Waals surface area contributed by atoms with Crippen LogP contribution in [-0.4, -0.2) is 40.1 Å². The molecule has 0 aliphatic heterocycles. The summed E-state index contributed by atoms with van der Waals surface area (Å²) in [5.41, 5.74) is 7.17. The van der Waals surface area contributed by atoms with Crippen LogP contribution >= 0.6 is 0 Å². The molecule has 0 saturated carbocycles. The summed E-state index contributed by atoms with van der Waals surface area (Å²) in [5.74, 6) is 1.49. The third kappa shape index (κ3) is 6.37. The number of hydrogen-bond donors (Lipinski definition) is 1. The third-order valence-corrected chi connectivity index (χ3v) is 9.57. The highest BCUT2D eigenvalue weighted by molar-refractivity contribution is 6.74. The average molecular weight is 426 g/mol. The lowest BCUT2D eigenvalue weighted by Crippen LogP contribution is -2.44. The zero-order chi connectivity index (χ0) is 22.8. The summed E-state index contributed by atoms with van der Waals surface area (Å²) < 4.78 is 23.2. The number of benzene rings is 1. The minimum atomic E-state index is -2.10. The van der Waals surface area contributed by atoms with E-state index in [1.54, 1.807) is 14.2 Å². The molecule has 0 bridgehead atoms. The van der Waals surface area contributed by atoms with Gasteiger partial charge in [-0.15, -0.1) is 0 Å². The van der Waals surface area contributed by atoms with Gasteiger partial charge in [-0.3, -0.25) is 4.79 Å². The normalized spacial score (nSPS) is 13.7. The lowest BCUT2D eigenvalue weighted by atomic mass is 10.0. The summed E-state index contributed by atoms with van der Waals surface area (Å²) in [6.07, 6.45) is 0.275. The molecule has 0 spiro atoms. The van der Waals surface area contributed by atoms with Crippen LogP contribution in [0.15, 0.2) is 6.07 Å². The second kappa shape index (κ2) is 8.96. The summed E-state index contributed by atoms with van der Waals surface area (Å²) in [4.78, 5) is 12.4. The van der Waals surface area contributed by atoms with E-state index in [4.69, 9.17) is 24.4 Å². The summed E-state index contributed by atoms with van der Waals surface area (Å²) in [5, 5.41) is 0.0267. The van der Waals surface area contributed by atoms with Crippen molar-refractivity contribution in [3.05, 3.63) is 17.2 Å². The van der Waals surface area contributed by atoms with Gasteiger partial charge in [0.1, 0.15) is 23.1 Å². The molecule has 2 N–H and O–H groups in total. The van der Waals surface area contributed by atoms with Gasteiger partial charge in [-0.25, -0.2) is 0 Å². The first-order valence-corrected chi connectivity index (χ1v) is 12.9. The zero-order valence-electron chi connectivity index (χ0n) is 20.0. The predicted molar refractivity (Wildman–Crippen MR) is 120 cm³/mol. The average Bonchev–Trinajstić information content (AvgIpc) is 2.52. The molecule has 0 aliphatic carbocycles. The third-order valence-electron chi connectivity index (χ3n) is 5.23. The molecule has 6 nitrogen and oxygen atoms in total. The van der Waals surface area contributed by atoms with Gasteiger partial charge in [0.2, 0.25) is 0 Å². The molecule has 0 fully saturated rings. The van der Waals surface area contributed by atoms with Crippen LogP contribution in [0.25, 0.3) is 0 Å². The monoisotopic (exact) mass is 425 g/mol. The van der Waals surface area contributed by atoms with Gasteiger partial charge >= 0.3 is 5.97 Å². The first-order chi connectivity index (χ1) is 13.0. The summed E-state index contributed by atoms with van der Waals surface area (Å²) >= 11 is 0. The molecular formula is C22H39NO5Si. The molecule has 0 aromatic heterocycles. The number of methoxy groups -OCH3 is 2. The van der Waals surface area contributed by atoms with Crippen molar-refractivity contribution >= 4 is 14.3 Å². The summed E-state index contributed by atoms with van der Waals surface area (Å²) in [6.45, 7) is 18.3. The smallest absolute Gasteiger partial charge is 0.323 e. The van der Waals surface area contributed by atoms with Crippen LogP contribution in [0, 0.1) is 6.92 Å². The van der Waals surface area contributed by atoms with Gasteiger partial charge in [-0.2, -0.15) is 0 Å². The van der Waals surface area contributed by atoms with E-state index in [0.29, 0.717) is 17.2 Å². The van der Waals surface area contributed by atoms with Gasteiger partial charge in [0.05, 0.1) is 14.2 Å². The van der Waals surface area contributed by atoms with Crippen molar-refractivity contribution in [3.63, 3.8) is 0 Å². The molecule has 0 aliphatic rings. The number of carbonyl (C=O) groups excluding carboxylic acids is 1. The molecule has 0 amide bonds. The van der Waals surface area contributed by atoms with Crippen molar-refractivity contribution in [1.82, 2.24) is 0 Å². The van der Waals surface area contributed by atoms with Crippen LogP contribution in [0.5, 0.6) is 17.2 Å². The van der Waals surface area contributed by atoms with Gasteiger partial charge in [-0.1, -0.05) is 20.8 Å². The molecule has 166 valence electrons. The van der Waals surface area contributed by atoms with Gasteiger partial charge < -0.3 is 24.4 Å². The number of nitrogens with two attached hydrogens (primary N) is 1. The Morgan fingerprint density at radius 3 is 2.00 bits per heavy atom. The number of hydrogen-bond acceptors (Lipinski definition) is 6. The maximum Gasteiger partial charge on any atom is 0.323 e. The first-order valence-electron chi connectivity index (χ1n) is 9.96. The van der Waals surface area contributed by atoms with Crippen LogP contribution in [0.4, 0.5) is 0 Å². The molecule has 7 heteroatoms. The topological polar surface area (TPSA) is 80.0 Å². The molecule has 29 heavy (non-hydrogen) atoms. The summed E-state index contributed by atoms with van der Waals surface area (Å²) in [7, 11) is 1.11. The van der Waals surface area contributed by atoms with E-state index in [0.717, 1.165) is 11.1 Å². The standard InChI is InChI=1S/C22H39NO5Si/c1-14-18(25-8)15(12-16(23)20(24)27-21(2,3)4)13-17(19(14)26-9)28-29(10,11)22(5,6)7/h13,16H,12,23H2,1-11H3/t16-/m0/s1. The molecular weight excluding hydrogens is 386 g/mol. The number of esters is 1. The number of rotatable bonds is 7. The van der Waals surface area contributed by atoms with Crippen molar-refractivity contribution in [2.75, 3.05) is 14.2 Å². The Labute approximate surface area is 177 Å². The second-order valence-corrected chi connectivity index (χ2v) is 14.7. The minimum Gasteiger partial charge on any atom is -0.541 e. The quantitative estimate of drug-likeness (QED) is 0.508. The second-order valence-electron chi connectivity index (χ2n) is 9.93. The van der Waals surface area contributed by atoms with Gasteiger partial charge in [0.25, 0.3) is 8.32 Å². The van der Waals surface area contributed by atoms with E-state index < -0.39 is 25.9 Å². The molecule has 1 rings (SSSR count). The van der Waals surface area contributed by atoms with E-state index in [2.05, 4.69) is 33.9 Å². The highest BCUT2D eigenvalue weighted by atomic mass is 28.4. The first kappa shape index (κ1) is 25.3. The van der Waals surface area contributed by atoms with Crippen LogP contribution in [0.2, 0.25) is 18.1 Å². The lowest BCUT2D eigenvalue weighted by molar-refractivity contribution is -0.156. The Kier molecular flexibility index (Phi) is 7.82. The highest BCUT2D eigenvalue weighted by Crippen LogP contribution is 2.44. The highest BCUT2D eigenvalue weighted by Gasteiger charge is 2.40. The Morgan fingerprint density at radius 2 is 1.59 bits per heavy atom.